The van der Waals surface area contributed by atoms with Gasteiger partial charge in [0.2, 0.25) is 5.91 Å². The minimum Gasteiger partial charge on any atom is -0.497 e. The summed E-state index contributed by atoms with van der Waals surface area (Å²) in [6, 6.07) is 7.44. The van der Waals surface area contributed by atoms with Gasteiger partial charge in [-0.15, -0.1) is 11.3 Å². The molecule has 0 bridgehead atoms. The van der Waals surface area contributed by atoms with Crippen LogP contribution >= 0.6 is 11.3 Å². The summed E-state index contributed by atoms with van der Waals surface area (Å²) in [6.07, 6.45) is 7.22. The highest BCUT2D eigenvalue weighted by molar-refractivity contribution is 7.17. The molecule has 0 aliphatic heterocycles. The zero-order chi connectivity index (χ0) is 20.8. The van der Waals surface area contributed by atoms with Gasteiger partial charge in [-0.05, 0) is 61.4 Å². The van der Waals surface area contributed by atoms with Crippen molar-refractivity contribution in [1.29, 1.82) is 0 Å². The van der Waals surface area contributed by atoms with Crippen LogP contribution in [-0.4, -0.2) is 25.6 Å². The summed E-state index contributed by atoms with van der Waals surface area (Å²) in [5.41, 5.74) is 2.48. The van der Waals surface area contributed by atoms with Gasteiger partial charge >= 0.3 is 5.97 Å². The summed E-state index contributed by atoms with van der Waals surface area (Å²) in [6.45, 7) is 4.30. The fraction of sp³-hybridized carbons (Fsp3) is 0.391. The number of amides is 1. The van der Waals surface area contributed by atoms with Gasteiger partial charge in [-0.3, -0.25) is 4.79 Å². The van der Waals surface area contributed by atoms with Gasteiger partial charge < -0.3 is 14.8 Å². The summed E-state index contributed by atoms with van der Waals surface area (Å²) >= 11 is 1.51. The zero-order valence-electron chi connectivity index (χ0n) is 17.1. The van der Waals surface area contributed by atoms with Crippen molar-refractivity contribution >= 4 is 34.3 Å². The lowest BCUT2D eigenvalue weighted by Gasteiger charge is -2.20. The minimum atomic E-state index is -0.352. The maximum atomic E-state index is 12.6. The first-order valence-electron chi connectivity index (χ1n) is 10.00. The van der Waals surface area contributed by atoms with Gasteiger partial charge in [0.1, 0.15) is 10.8 Å². The van der Waals surface area contributed by atoms with E-state index in [0.717, 1.165) is 42.6 Å². The lowest BCUT2D eigenvalue weighted by atomic mass is 9.85. The molecule has 0 saturated heterocycles. The number of hydrogen-bond donors (Lipinski definition) is 1. The van der Waals surface area contributed by atoms with Crippen LogP contribution in [0.2, 0.25) is 0 Å². The number of hydrogen-bond acceptors (Lipinski definition) is 5. The molecule has 1 aromatic carbocycles. The van der Waals surface area contributed by atoms with Crippen LogP contribution in [0.15, 0.2) is 30.3 Å². The average molecular weight is 414 g/mol. The predicted octanol–water partition coefficient (Wildman–Crippen LogP) is 5.10. The summed E-state index contributed by atoms with van der Waals surface area (Å²) in [5.74, 6) is 0.779. The Labute approximate surface area is 175 Å². The number of esters is 1. The zero-order valence-corrected chi connectivity index (χ0v) is 17.9. The van der Waals surface area contributed by atoms with Crippen LogP contribution in [0.5, 0.6) is 5.75 Å². The molecule has 1 aromatic heterocycles. The van der Waals surface area contributed by atoms with Crippen molar-refractivity contribution in [2.24, 2.45) is 5.92 Å². The Kier molecular flexibility index (Phi) is 7.09. The van der Waals surface area contributed by atoms with Crippen molar-refractivity contribution in [1.82, 2.24) is 0 Å². The maximum absolute atomic E-state index is 12.6. The second-order valence-corrected chi connectivity index (χ2v) is 8.15. The number of rotatable bonds is 7. The molecule has 1 aliphatic carbocycles. The lowest BCUT2D eigenvalue weighted by molar-refractivity contribution is -0.111. The molecule has 1 unspecified atom stereocenters. The molecule has 1 aliphatic rings. The normalized spacial score (nSPS) is 15.8. The van der Waals surface area contributed by atoms with Crippen molar-refractivity contribution in [2.75, 3.05) is 19.0 Å². The van der Waals surface area contributed by atoms with Gasteiger partial charge in [-0.25, -0.2) is 4.79 Å². The third-order valence-electron chi connectivity index (χ3n) is 5.20. The number of benzene rings is 1. The van der Waals surface area contributed by atoms with E-state index in [0.29, 0.717) is 23.1 Å². The van der Waals surface area contributed by atoms with Crippen molar-refractivity contribution in [3.05, 3.63) is 51.9 Å². The summed E-state index contributed by atoms with van der Waals surface area (Å²) in [5, 5.41) is 3.49. The Balaban J connectivity index is 1.79. The molecule has 3 rings (SSSR count). The van der Waals surface area contributed by atoms with E-state index in [2.05, 4.69) is 12.2 Å². The van der Waals surface area contributed by atoms with Gasteiger partial charge in [0.05, 0.1) is 19.3 Å². The summed E-state index contributed by atoms with van der Waals surface area (Å²) < 4.78 is 10.4. The first kappa shape index (κ1) is 21.1. The summed E-state index contributed by atoms with van der Waals surface area (Å²) in [7, 11) is 1.61. The van der Waals surface area contributed by atoms with Crippen LogP contribution in [0, 0.1) is 5.92 Å². The van der Waals surface area contributed by atoms with Crippen LogP contribution in [-0.2, 0) is 22.4 Å². The Hall–Kier alpha value is -2.60. The molecule has 0 radical (unpaired) electrons. The molecule has 0 fully saturated rings. The van der Waals surface area contributed by atoms with E-state index in [-0.39, 0.29) is 11.9 Å². The SMILES string of the molecule is CCOC(=O)c1c(NC(=O)C=Cc2ccc(OC)cc2)sc2c1CCC(CC)C2. The van der Waals surface area contributed by atoms with E-state index in [9.17, 15) is 9.59 Å². The Morgan fingerprint density at radius 1 is 1.24 bits per heavy atom. The van der Waals surface area contributed by atoms with E-state index in [1.807, 2.05) is 24.3 Å². The molecule has 1 amide bonds. The monoisotopic (exact) mass is 413 g/mol. The molecule has 29 heavy (non-hydrogen) atoms. The van der Waals surface area contributed by atoms with E-state index in [4.69, 9.17) is 9.47 Å². The Bertz CT molecular complexity index is 898. The molecule has 0 spiro atoms. The average Bonchev–Trinajstić information content (AvgIpc) is 3.09. The van der Waals surface area contributed by atoms with Gasteiger partial charge in [0.25, 0.3) is 0 Å². The first-order chi connectivity index (χ1) is 14.0. The highest BCUT2D eigenvalue weighted by atomic mass is 32.1. The van der Waals surface area contributed by atoms with Gasteiger partial charge in [-0.1, -0.05) is 25.5 Å². The predicted molar refractivity (Wildman–Crippen MR) is 117 cm³/mol. The summed E-state index contributed by atoms with van der Waals surface area (Å²) in [4.78, 5) is 26.3. The topological polar surface area (TPSA) is 64.6 Å². The van der Waals surface area contributed by atoms with E-state index >= 15 is 0 Å². The third kappa shape index (κ3) is 5.07. The smallest absolute Gasteiger partial charge is 0.341 e. The molecule has 1 heterocycles. The van der Waals surface area contributed by atoms with Crippen molar-refractivity contribution in [3.63, 3.8) is 0 Å². The second-order valence-electron chi connectivity index (χ2n) is 7.04. The number of carbonyl (C=O) groups is 2. The maximum Gasteiger partial charge on any atom is 0.341 e. The number of thiophene rings is 1. The third-order valence-corrected chi connectivity index (χ3v) is 6.37. The molecule has 1 atom stereocenters. The van der Waals surface area contributed by atoms with Crippen LogP contribution in [0.3, 0.4) is 0 Å². The highest BCUT2D eigenvalue weighted by Crippen LogP contribution is 2.40. The molecule has 0 saturated carbocycles. The van der Waals surface area contributed by atoms with Crippen molar-refractivity contribution in [3.8, 4) is 5.75 Å². The fourth-order valence-electron chi connectivity index (χ4n) is 3.55. The Morgan fingerprint density at radius 3 is 2.66 bits per heavy atom. The molecule has 154 valence electrons. The second kappa shape index (κ2) is 9.74. The molecule has 5 nitrogen and oxygen atoms in total. The molecular formula is C23H27NO4S. The van der Waals surface area contributed by atoms with Gasteiger partial charge in [0, 0.05) is 11.0 Å². The number of ether oxygens (including phenoxy) is 2. The number of anilines is 1. The highest BCUT2D eigenvalue weighted by Gasteiger charge is 2.29. The van der Waals surface area contributed by atoms with Crippen LogP contribution in [0.1, 0.15) is 53.1 Å². The van der Waals surface area contributed by atoms with Crippen molar-refractivity contribution in [2.45, 2.75) is 39.5 Å². The minimum absolute atomic E-state index is 0.267. The van der Waals surface area contributed by atoms with E-state index < -0.39 is 0 Å². The number of carbonyl (C=O) groups excluding carboxylic acids is 2. The molecule has 6 heteroatoms. The number of methoxy groups -OCH3 is 1. The molecule has 1 N–H and O–H groups in total. The van der Waals surface area contributed by atoms with Gasteiger partial charge in [-0.2, -0.15) is 0 Å². The van der Waals surface area contributed by atoms with E-state index in [1.165, 1.54) is 22.3 Å². The number of nitrogens with one attached hydrogen (secondary N) is 1. The van der Waals surface area contributed by atoms with Gasteiger partial charge in [0.15, 0.2) is 0 Å². The quantitative estimate of drug-likeness (QED) is 0.507. The van der Waals surface area contributed by atoms with Crippen LogP contribution < -0.4 is 10.1 Å². The van der Waals surface area contributed by atoms with Crippen LogP contribution in [0.25, 0.3) is 6.08 Å². The Morgan fingerprint density at radius 2 is 2.00 bits per heavy atom. The number of fused-ring (bicyclic) bond motifs is 1. The molecule has 2 aromatic rings. The largest absolute Gasteiger partial charge is 0.497 e. The lowest BCUT2D eigenvalue weighted by Crippen LogP contribution is -2.16. The van der Waals surface area contributed by atoms with E-state index in [1.54, 1.807) is 20.1 Å². The molecular weight excluding hydrogens is 386 g/mol. The first-order valence-corrected chi connectivity index (χ1v) is 10.8. The van der Waals surface area contributed by atoms with Crippen LogP contribution in [0.4, 0.5) is 5.00 Å². The fourth-order valence-corrected chi connectivity index (χ4v) is 4.90. The standard InChI is InChI=1S/C23H27NO4S/c1-4-15-8-12-18-19(14-15)29-22(21(18)23(26)28-5-2)24-20(25)13-9-16-6-10-17(27-3)11-7-16/h6-7,9-11,13,15H,4-5,8,12,14H2,1-3H3,(H,24,25). The van der Waals surface area contributed by atoms with Crippen molar-refractivity contribution < 1.29 is 19.1 Å².